The van der Waals surface area contributed by atoms with Crippen molar-refractivity contribution in [2.45, 2.75) is 18.1 Å². The van der Waals surface area contributed by atoms with Gasteiger partial charge in [-0.25, -0.2) is 9.59 Å². The summed E-state index contributed by atoms with van der Waals surface area (Å²) in [5.41, 5.74) is -0.438. The molecule has 5 rings (SSSR count). The summed E-state index contributed by atoms with van der Waals surface area (Å²) in [6.45, 7) is -0.184. The zero-order chi connectivity index (χ0) is 21.4. The molecular formula is C25H22O6. The highest BCUT2D eigenvalue weighted by atomic mass is 16.6. The van der Waals surface area contributed by atoms with Crippen molar-refractivity contribution in [2.75, 3.05) is 13.2 Å². The minimum absolute atomic E-state index is 0.00658. The Hall–Kier alpha value is -3.25. The molecule has 0 aromatic heterocycles. The quantitative estimate of drug-likeness (QED) is 0.548. The molecule has 2 bridgehead atoms. The third kappa shape index (κ3) is 3.27. The van der Waals surface area contributed by atoms with Crippen molar-refractivity contribution in [3.63, 3.8) is 0 Å². The van der Waals surface area contributed by atoms with Crippen LogP contribution >= 0.6 is 0 Å². The van der Waals surface area contributed by atoms with Gasteiger partial charge >= 0.3 is 11.9 Å². The summed E-state index contributed by atoms with van der Waals surface area (Å²) in [7, 11) is 0. The number of benzene rings is 2. The number of carbonyl (C=O) groups is 3. The van der Waals surface area contributed by atoms with Crippen molar-refractivity contribution in [3.05, 3.63) is 83.9 Å². The number of Topliss-reactive ketones (excluding diaryl/α,β-unsaturated/α-hetero) is 1. The van der Waals surface area contributed by atoms with E-state index in [1.807, 2.05) is 18.2 Å². The van der Waals surface area contributed by atoms with E-state index in [4.69, 9.17) is 14.2 Å². The highest BCUT2D eigenvalue weighted by molar-refractivity contribution is 5.97. The second kappa shape index (κ2) is 7.78. The molecule has 0 spiro atoms. The normalized spacial score (nSPS) is 30.6. The van der Waals surface area contributed by atoms with Crippen molar-refractivity contribution < 1.29 is 28.6 Å². The molecule has 158 valence electrons. The third-order valence-electron chi connectivity index (χ3n) is 6.55. The van der Waals surface area contributed by atoms with Crippen molar-refractivity contribution in [1.29, 1.82) is 0 Å². The first kappa shape index (κ1) is 19.7. The van der Waals surface area contributed by atoms with Crippen LogP contribution < -0.4 is 0 Å². The van der Waals surface area contributed by atoms with Crippen LogP contribution in [0.5, 0.6) is 0 Å². The molecule has 0 N–H and O–H groups in total. The summed E-state index contributed by atoms with van der Waals surface area (Å²) in [4.78, 5) is 38.4. The number of allylic oxidation sites excluding steroid dienone is 1. The monoisotopic (exact) mass is 418 g/mol. The van der Waals surface area contributed by atoms with Gasteiger partial charge in [0.1, 0.15) is 13.2 Å². The summed E-state index contributed by atoms with van der Waals surface area (Å²) < 4.78 is 17.3. The zero-order valence-corrected chi connectivity index (χ0v) is 16.8. The van der Waals surface area contributed by atoms with Crippen molar-refractivity contribution >= 4 is 17.7 Å². The van der Waals surface area contributed by atoms with E-state index in [1.165, 1.54) is 0 Å². The lowest BCUT2D eigenvalue weighted by Crippen LogP contribution is -2.62. The number of hydrogen-bond acceptors (Lipinski definition) is 6. The summed E-state index contributed by atoms with van der Waals surface area (Å²) in [6.07, 6.45) is 4.20. The smallest absolute Gasteiger partial charge is 0.339 e. The van der Waals surface area contributed by atoms with Gasteiger partial charge in [0.2, 0.25) is 5.78 Å². The maximum atomic E-state index is 13.1. The number of ether oxygens (including phenoxy) is 3. The van der Waals surface area contributed by atoms with Gasteiger partial charge in [-0.05, 0) is 36.6 Å². The van der Waals surface area contributed by atoms with Crippen LogP contribution in [-0.4, -0.2) is 42.6 Å². The number of ketones is 1. The highest BCUT2D eigenvalue weighted by Gasteiger charge is 2.67. The predicted molar refractivity (Wildman–Crippen MR) is 110 cm³/mol. The molecule has 4 unspecified atom stereocenters. The number of hydrogen-bond donors (Lipinski definition) is 0. The molecule has 1 aliphatic heterocycles. The van der Waals surface area contributed by atoms with Gasteiger partial charge in [0, 0.05) is 11.8 Å². The van der Waals surface area contributed by atoms with Crippen molar-refractivity contribution in [2.24, 2.45) is 17.8 Å². The van der Waals surface area contributed by atoms with Crippen LogP contribution in [0.25, 0.3) is 0 Å². The van der Waals surface area contributed by atoms with Gasteiger partial charge < -0.3 is 14.2 Å². The summed E-state index contributed by atoms with van der Waals surface area (Å²) in [5.74, 6) is -1.77. The van der Waals surface area contributed by atoms with Crippen LogP contribution in [0, 0.1) is 17.8 Å². The van der Waals surface area contributed by atoms with Gasteiger partial charge in [-0.1, -0.05) is 48.6 Å². The first-order valence-corrected chi connectivity index (χ1v) is 10.4. The highest BCUT2D eigenvalue weighted by Crippen LogP contribution is 2.56. The minimum atomic E-state index is -1.28. The molecule has 1 saturated heterocycles. The maximum Gasteiger partial charge on any atom is 0.339 e. The number of fused-ring (bicyclic) bond motifs is 5. The molecule has 31 heavy (non-hydrogen) atoms. The SMILES string of the molecule is O=C(OC[C@H]1OCC(=O)C2(OC(=O)c3ccccc3)C3C=CC(C3)C12)c1ccccc1. The van der Waals surface area contributed by atoms with E-state index >= 15 is 0 Å². The van der Waals surface area contributed by atoms with Gasteiger partial charge in [-0.3, -0.25) is 4.79 Å². The molecule has 2 fully saturated rings. The Labute approximate surface area is 179 Å². The largest absolute Gasteiger partial charge is 0.459 e. The average molecular weight is 418 g/mol. The Morgan fingerprint density at radius 1 is 0.935 bits per heavy atom. The maximum absolute atomic E-state index is 13.1. The molecule has 1 saturated carbocycles. The van der Waals surface area contributed by atoms with E-state index in [2.05, 4.69) is 6.08 Å². The van der Waals surface area contributed by atoms with Crippen LogP contribution in [0.2, 0.25) is 0 Å². The van der Waals surface area contributed by atoms with Gasteiger partial charge in [0.25, 0.3) is 0 Å². The fourth-order valence-electron chi connectivity index (χ4n) is 5.17. The number of rotatable bonds is 5. The van der Waals surface area contributed by atoms with Gasteiger partial charge in [-0.2, -0.15) is 0 Å². The Morgan fingerprint density at radius 2 is 1.58 bits per heavy atom. The Morgan fingerprint density at radius 3 is 2.26 bits per heavy atom. The van der Waals surface area contributed by atoms with Crippen LogP contribution in [0.15, 0.2) is 72.8 Å². The number of carbonyl (C=O) groups excluding carboxylic acids is 3. The molecule has 2 aliphatic carbocycles. The predicted octanol–water partition coefficient (Wildman–Crippen LogP) is 3.23. The number of esters is 2. The molecule has 5 atom stereocenters. The van der Waals surface area contributed by atoms with E-state index in [0.29, 0.717) is 17.5 Å². The van der Waals surface area contributed by atoms with E-state index in [9.17, 15) is 14.4 Å². The Bertz CT molecular complexity index is 1030. The molecule has 2 aromatic carbocycles. The second-order valence-electron chi connectivity index (χ2n) is 8.20. The Balaban J connectivity index is 1.39. The van der Waals surface area contributed by atoms with E-state index < -0.39 is 23.6 Å². The molecule has 6 heteroatoms. The molecular weight excluding hydrogens is 396 g/mol. The van der Waals surface area contributed by atoms with Gasteiger partial charge in [0.05, 0.1) is 17.2 Å². The fourth-order valence-corrected chi connectivity index (χ4v) is 5.17. The third-order valence-corrected chi connectivity index (χ3v) is 6.55. The average Bonchev–Trinajstić information content (AvgIpc) is 3.41. The van der Waals surface area contributed by atoms with Gasteiger partial charge in [0.15, 0.2) is 5.60 Å². The van der Waals surface area contributed by atoms with Crippen LogP contribution in [0.1, 0.15) is 27.1 Å². The van der Waals surface area contributed by atoms with Crippen molar-refractivity contribution in [3.8, 4) is 0 Å². The summed E-state index contributed by atoms with van der Waals surface area (Å²) >= 11 is 0. The molecule has 0 amide bonds. The lowest BCUT2D eigenvalue weighted by Gasteiger charge is -2.46. The van der Waals surface area contributed by atoms with E-state index in [-0.39, 0.29) is 36.8 Å². The van der Waals surface area contributed by atoms with Crippen LogP contribution in [-0.2, 0) is 19.0 Å². The summed E-state index contributed by atoms with van der Waals surface area (Å²) in [5, 5.41) is 0. The lowest BCUT2D eigenvalue weighted by atomic mass is 9.71. The molecule has 0 radical (unpaired) electrons. The van der Waals surface area contributed by atoms with Crippen LogP contribution in [0.3, 0.4) is 0 Å². The Kier molecular flexibility index (Phi) is 4.94. The molecule has 2 aromatic rings. The zero-order valence-electron chi connectivity index (χ0n) is 16.8. The first-order valence-electron chi connectivity index (χ1n) is 10.4. The van der Waals surface area contributed by atoms with Gasteiger partial charge in [-0.15, -0.1) is 0 Å². The molecule has 3 aliphatic rings. The van der Waals surface area contributed by atoms with E-state index in [0.717, 1.165) is 0 Å². The minimum Gasteiger partial charge on any atom is -0.459 e. The van der Waals surface area contributed by atoms with Crippen LogP contribution in [0.4, 0.5) is 0 Å². The first-order chi connectivity index (χ1) is 15.1. The van der Waals surface area contributed by atoms with E-state index in [1.54, 1.807) is 48.5 Å². The fraction of sp³-hybridized carbons (Fsp3) is 0.320. The topological polar surface area (TPSA) is 78.9 Å². The second-order valence-corrected chi connectivity index (χ2v) is 8.20. The lowest BCUT2D eigenvalue weighted by molar-refractivity contribution is -0.184. The van der Waals surface area contributed by atoms with Crippen molar-refractivity contribution in [1.82, 2.24) is 0 Å². The summed E-state index contributed by atoms with van der Waals surface area (Å²) in [6, 6.07) is 17.4. The molecule has 1 heterocycles. The molecule has 6 nitrogen and oxygen atoms in total. The standard InChI is InChI=1S/C25H22O6/c26-21-15-29-20(14-30-23(27)16-7-3-1-4-8-16)22-18-11-12-19(13-18)25(21,22)31-24(28)17-9-5-2-6-10-17/h1-12,18-20,22H,13-15H2/t18?,19?,20-,22?,25?/m1/s1.